The molecule has 1 saturated heterocycles. The Hall–Kier alpha value is -1.13. The zero-order valence-corrected chi connectivity index (χ0v) is 9.54. The van der Waals surface area contributed by atoms with Crippen molar-refractivity contribution in [1.29, 1.82) is 0 Å². The molecule has 0 bridgehead atoms. The summed E-state index contributed by atoms with van der Waals surface area (Å²) in [6.45, 7) is 2.00. The number of nitrogens with zero attached hydrogens (tertiary/aromatic N) is 1. The van der Waals surface area contributed by atoms with Gasteiger partial charge in [0.1, 0.15) is 5.02 Å². The Morgan fingerprint density at radius 2 is 2.06 bits per heavy atom. The number of nitro groups is 1. The number of nitrogens with one attached hydrogen (secondary N) is 1. The molecule has 1 N–H and O–H groups in total. The summed E-state index contributed by atoms with van der Waals surface area (Å²) in [5.41, 5.74) is 1.09. The molecule has 16 heavy (non-hydrogen) atoms. The van der Waals surface area contributed by atoms with Crippen LogP contribution in [0.2, 0.25) is 5.02 Å². The van der Waals surface area contributed by atoms with Crippen molar-refractivity contribution in [2.24, 2.45) is 0 Å². The number of benzene rings is 1. The zero-order valence-electron chi connectivity index (χ0n) is 8.78. The van der Waals surface area contributed by atoms with Gasteiger partial charge in [-0.1, -0.05) is 17.7 Å². The lowest BCUT2D eigenvalue weighted by atomic mass is 9.90. The minimum Gasteiger partial charge on any atom is -0.317 e. The third-order valence-electron chi connectivity index (χ3n) is 2.98. The molecule has 2 rings (SSSR count). The fourth-order valence-electron chi connectivity index (χ4n) is 2.08. The number of halogens is 1. The second kappa shape index (κ2) is 4.80. The van der Waals surface area contributed by atoms with E-state index in [-0.39, 0.29) is 10.7 Å². The molecule has 0 spiro atoms. The van der Waals surface area contributed by atoms with E-state index in [4.69, 9.17) is 11.6 Å². The molecule has 1 aliphatic rings. The van der Waals surface area contributed by atoms with Crippen molar-refractivity contribution < 1.29 is 4.92 Å². The number of hydrogen-bond acceptors (Lipinski definition) is 3. The Morgan fingerprint density at radius 3 is 2.62 bits per heavy atom. The van der Waals surface area contributed by atoms with Crippen molar-refractivity contribution >= 4 is 17.3 Å². The third kappa shape index (κ3) is 2.33. The number of hydrogen-bond donors (Lipinski definition) is 1. The van der Waals surface area contributed by atoms with Gasteiger partial charge >= 0.3 is 0 Å². The Bertz CT molecular complexity index is 403. The number of rotatable bonds is 2. The predicted molar refractivity (Wildman–Crippen MR) is 63.0 cm³/mol. The molecular formula is C11H13ClN2O2. The molecule has 1 aliphatic heterocycles. The smallest absolute Gasteiger partial charge is 0.287 e. The molecule has 1 aromatic carbocycles. The summed E-state index contributed by atoms with van der Waals surface area (Å²) in [6, 6.07) is 5.05. The fraction of sp³-hybridized carbons (Fsp3) is 0.455. The Morgan fingerprint density at radius 1 is 1.38 bits per heavy atom. The minimum absolute atomic E-state index is 0.0145. The van der Waals surface area contributed by atoms with Crippen molar-refractivity contribution in [1.82, 2.24) is 5.32 Å². The number of piperidine rings is 1. The number of nitro benzene ring substituents is 1. The molecule has 0 unspecified atom stereocenters. The summed E-state index contributed by atoms with van der Waals surface area (Å²) < 4.78 is 0. The van der Waals surface area contributed by atoms with Gasteiger partial charge in [-0.3, -0.25) is 10.1 Å². The molecule has 1 aromatic rings. The van der Waals surface area contributed by atoms with Crippen LogP contribution < -0.4 is 5.32 Å². The maximum Gasteiger partial charge on any atom is 0.287 e. The molecule has 0 radical (unpaired) electrons. The van der Waals surface area contributed by atoms with Crippen molar-refractivity contribution in [2.75, 3.05) is 13.1 Å². The van der Waals surface area contributed by atoms with Crippen LogP contribution in [0.1, 0.15) is 24.3 Å². The van der Waals surface area contributed by atoms with Crippen LogP contribution in [0.3, 0.4) is 0 Å². The van der Waals surface area contributed by atoms with Gasteiger partial charge in [0, 0.05) is 6.07 Å². The molecule has 5 heteroatoms. The molecule has 0 saturated carbocycles. The molecular weight excluding hydrogens is 228 g/mol. The molecule has 86 valence electrons. The standard InChI is InChI=1S/C11H13ClN2O2/c12-10-7-9(1-2-11(10)14(15)16)8-3-5-13-6-4-8/h1-2,7-8,13H,3-6H2. The Labute approximate surface area is 98.8 Å². The van der Waals surface area contributed by atoms with Gasteiger partial charge in [-0.15, -0.1) is 0 Å². The van der Waals surface area contributed by atoms with E-state index >= 15 is 0 Å². The van der Waals surface area contributed by atoms with E-state index in [1.54, 1.807) is 6.07 Å². The SMILES string of the molecule is O=[N+]([O-])c1ccc(C2CCNCC2)cc1Cl. The quantitative estimate of drug-likeness (QED) is 0.639. The van der Waals surface area contributed by atoms with Crippen LogP contribution in [0.25, 0.3) is 0 Å². The second-order valence-electron chi connectivity index (χ2n) is 3.99. The first-order valence-electron chi connectivity index (χ1n) is 5.33. The normalized spacial score (nSPS) is 17.3. The van der Waals surface area contributed by atoms with E-state index in [2.05, 4.69) is 5.32 Å². The van der Waals surface area contributed by atoms with Crippen LogP contribution in [-0.4, -0.2) is 18.0 Å². The fourth-order valence-corrected chi connectivity index (χ4v) is 2.34. The largest absolute Gasteiger partial charge is 0.317 e. The van der Waals surface area contributed by atoms with Gasteiger partial charge in [-0.05, 0) is 43.5 Å². The van der Waals surface area contributed by atoms with E-state index in [1.165, 1.54) is 6.07 Å². The highest BCUT2D eigenvalue weighted by atomic mass is 35.5. The molecule has 0 aromatic heterocycles. The van der Waals surface area contributed by atoms with Crippen LogP contribution in [0, 0.1) is 10.1 Å². The third-order valence-corrected chi connectivity index (χ3v) is 3.28. The lowest BCUT2D eigenvalue weighted by Gasteiger charge is -2.22. The van der Waals surface area contributed by atoms with Gasteiger partial charge in [0.25, 0.3) is 5.69 Å². The van der Waals surface area contributed by atoms with E-state index in [0.717, 1.165) is 31.5 Å². The minimum atomic E-state index is -0.450. The van der Waals surface area contributed by atoms with Crippen LogP contribution in [0.4, 0.5) is 5.69 Å². The monoisotopic (exact) mass is 240 g/mol. The molecule has 0 aliphatic carbocycles. The lowest BCUT2D eigenvalue weighted by Crippen LogP contribution is -2.26. The van der Waals surface area contributed by atoms with E-state index in [1.807, 2.05) is 6.07 Å². The summed E-state index contributed by atoms with van der Waals surface area (Å²) in [6.07, 6.45) is 2.13. The van der Waals surface area contributed by atoms with Gasteiger partial charge in [-0.25, -0.2) is 0 Å². The highest BCUT2D eigenvalue weighted by Crippen LogP contribution is 2.31. The summed E-state index contributed by atoms with van der Waals surface area (Å²) >= 11 is 5.89. The van der Waals surface area contributed by atoms with Crippen LogP contribution in [-0.2, 0) is 0 Å². The molecule has 0 amide bonds. The first kappa shape index (κ1) is 11.4. The first-order chi connectivity index (χ1) is 7.68. The summed E-state index contributed by atoms with van der Waals surface area (Å²) in [5, 5.41) is 14.1. The average Bonchev–Trinajstić information content (AvgIpc) is 2.29. The van der Waals surface area contributed by atoms with Crippen molar-refractivity contribution in [3.63, 3.8) is 0 Å². The van der Waals surface area contributed by atoms with Crippen LogP contribution in [0.15, 0.2) is 18.2 Å². The van der Waals surface area contributed by atoms with Crippen LogP contribution >= 0.6 is 11.6 Å². The molecule has 0 atom stereocenters. The van der Waals surface area contributed by atoms with Gasteiger partial charge in [-0.2, -0.15) is 0 Å². The van der Waals surface area contributed by atoms with Gasteiger partial charge < -0.3 is 5.32 Å². The zero-order chi connectivity index (χ0) is 11.5. The molecule has 4 nitrogen and oxygen atoms in total. The maximum atomic E-state index is 10.6. The highest BCUT2D eigenvalue weighted by Gasteiger charge is 2.18. The second-order valence-corrected chi connectivity index (χ2v) is 4.40. The topological polar surface area (TPSA) is 55.2 Å². The predicted octanol–water partition coefficient (Wildman–Crippen LogP) is 2.72. The van der Waals surface area contributed by atoms with E-state index in [9.17, 15) is 10.1 Å². The van der Waals surface area contributed by atoms with E-state index in [0.29, 0.717) is 5.92 Å². The average molecular weight is 241 g/mol. The van der Waals surface area contributed by atoms with Crippen molar-refractivity contribution in [3.8, 4) is 0 Å². The molecule has 1 heterocycles. The first-order valence-corrected chi connectivity index (χ1v) is 5.71. The lowest BCUT2D eigenvalue weighted by molar-refractivity contribution is -0.384. The Kier molecular flexibility index (Phi) is 3.41. The van der Waals surface area contributed by atoms with Gasteiger partial charge in [0.05, 0.1) is 4.92 Å². The summed E-state index contributed by atoms with van der Waals surface area (Å²) in [4.78, 5) is 10.2. The van der Waals surface area contributed by atoms with Crippen molar-refractivity contribution in [2.45, 2.75) is 18.8 Å². The van der Waals surface area contributed by atoms with Gasteiger partial charge in [0.2, 0.25) is 0 Å². The van der Waals surface area contributed by atoms with Gasteiger partial charge in [0.15, 0.2) is 0 Å². The highest BCUT2D eigenvalue weighted by molar-refractivity contribution is 6.32. The molecule has 1 fully saturated rings. The maximum absolute atomic E-state index is 10.6. The van der Waals surface area contributed by atoms with E-state index < -0.39 is 4.92 Å². The summed E-state index contributed by atoms with van der Waals surface area (Å²) in [7, 11) is 0. The van der Waals surface area contributed by atoms with Crippen molar-refractivity contribution in [3.05, 3.63) is 38.9 Å². The van der Waals surface area contributed by atoms with Crippen LogP contribution in [0.5, 0.6) is 0 Å². The Balaban J connectivity index is 2.23. The summed E-state index contributed by atoms with van der Waals surface area (Å²) in [5.74, 6) is 0.472.